The first-order chi connectivity index (χ1) is 8.68. The average Bonchev–Trinajstić information content (AvgIpc) is 2.27. The molecular formula is C12H15N3O3. The predicted molar refractivity (Wildman–Crippen MR) is 64.0 cm³/mol. The maximum atomic E-state index is 11.6. The van der Waals surface area contributed by atoms with Crippen LogP contribution in [0.4, 0.5) is 0 Å². The highest BCUT2D eigenvalue weighted by molar-refractivity contribution is 5.94. The zero-order chi connectivity index (χ0) is 13.0. The molecule has 6 nitrogen and oxygen atoms in total. The van der Waals surface area contributed by atoms with Crippen LogP contribution in [0.15, 0.2) is 18.3 Å². The molecule has 0 radical (unpaired) electrons. The van der Waals surface area contributed by atoms with E-state index in [1.807, 2.05) is 0 Å². The van der Waals surface area contributed by atoms with Crippen LogP contribution < -0.4 is 5.32 Å². The molecule has 1 saturated heterocycles. The molecule has 0 unspecified atom stereocenters. The fourth-order valence-electron chi connectivity index (χ4n) is 1.66. The molecule has 0 saturated carbocycles. The molecule has 1 fully saturated rings. The molecule has 1 aromatic heterocycles. The first-order valence-corrected chi connectivity index (χ1v) is 5.88. The summed E-state index contributed by atoms with van der Waals surface area (Å²) in [4.78, 5) is 28.7. The molecule has 0 spiro atoms. The van der Waals surface area contributed by atoms with Crippen molar-refractivity contribution in [2.24, 2.45) is 0 Å². The van der Waals surface area contributed by atoms with Gasteiger partial charge in [-0.15, -0.1) is 0 Å². The second kappa shape index (κ2) is 5.48. The zero-order valence-corrected chi connectivity index (χ0v) is 9.93. The van der Waals surface area contributed by atoms with Crippen molar-refractivity contribution in [2.45, 2.75) is 12.8 Å². The monoisotopic (exact) mass is 249 g/mol. The van der Waals surface area contributed by atoms with Gasteiger partial charge in [-0.25, -0.2) is 4.98 Å². The Hall–Kier alpha value is -2.11. The summed E-state index contributed by atoms with van der Waals surface area (Å²) in [6, 6.07) is 2.94. The molecule has 18 heavy (non-hydrogen) atoms. The third kappa shape index (κ3) is 2.77. The number of nitrogens with one attached hydrogen (secondary N) is 1. The largest absolute Gasteiger partial charge is 0.505 e. The number of amides is 2. The summed E-state index contributed by atoms with van der Waals surface area (Å²) >= 11 is 0. The topological polar surface area (TPSA) is 82.5 Å². The van der Waals surface area contributed by atoms with Gasteiger partial charge in [0.2, 0.25) is 5.91 Å². The molecule has 6 heteroatoms. The number of pyridine rings is 1. The van der Waals surface area contributed by atoms with Gasteiger partial charge in [-0.1, -0.05) is 0 Å². The molecule has 0 aromatic carbocycles. The highest BCUT2D eigenvalue weighted by Gasteiger charge is 2.20. The van der Waals surface area contributed by atoms with E-state index in [4.69, 9.17) is 0 Å². The van der Waals surface area contributed by atoms with Gasteiger partial charge in [0.05, 0.1) is 0 Å². The maximum absolute atomic E-state index is 11.6. The Labute approximate surface area is 105 Å². The summed E-state index contributed by atoms with van der Waals surface area (Å²) in [7, 11) is 0. The van der Waals surface area contributed by atoms with E-state index in [-0.39, 0.29) is 30.3 Å². The van der Waals surface area contributed by atoms with Crippen molar-refractivity contribution in [3.05, 3.63) is 24.0 Å². The number of rotatable bonds is 4. The summed E-state index contributed by atoms with van der Waals surface area (Å²) in [6.45, 7) is 1.88. The number of carbonyl (C=O) groups excluding carboxylic acids is 2. The van der Waals surface area contributed by atoms with E-state index in [9.17, 15) is 14.7 Å². The molecule has 1 aliphatic rings. The Bertz CT molecular complexity index is 458. The lowest BCUT2D eigenvalue weighted by Crippen LogP contribution is -2.43. The fourth-order valence-corrected chi connectivity index (χ4v) is 1.66. The van der Waals surface area contributed by atoms with Crippen molar-refractivity contribution in [3.8, 4) is 5.75 Å². The lowest BCUT2D eigenvalue weighted by atomic mass is 10.2. The standard InChI is InChI=1S/C12H15N3O3/c16-9-3-1-5-13-11(9)12(18)14-6-4-10(17)15-7-2-8-15/h1,3,5,16H,2,4,6-8H2,(H,14,18). The molecule has 1 aromatic rings. The van der Waals surface area contributed by atoms with Crippen molar-refractivity contribution in [1.29, 1.82) is 0 Å². The van der Waals surface area contributed by atoms with E-state index in [1.54, 1.807) is 11.0 Å². The van der Waals surface area contributed by atoms with E-state index in [2.05, 4.69) is 10.3 Å². The fraction of sp³-hybridized carbons (Fsp3) is 0.417. The Balaban J connectivity index is 1.78. The second-order valence-electron chi connectivity index (χ2n) is 4.11. The van der Waals surface area contributed by atoms with Crippen molar-refractivity contribution >= 4 is 11.8 Å². The van der Waals surface area contributed by atoms with Crippen LogP contribution in [0.2, 0.25) is 0 Å². The van der Waals surface area contributed by atoms with E-state index >= 15 is 0 Å². The van der Waals surface area contributed by atoms with Gasteiger partial charge in [0, 0.05) is 32.3 Å². The molecule has 0 aliphatic carbocycles. The summed E-state index contributed by atoms with van der Waals surface area (Å²) in [5, 5.41) is 12.0. The van der Waals surface area contributed by atoms with Gasteiger partial charge in [0.25, 0.3) is 5.91 Å². The normalized spacial score (nSPS) is 13.9. The molecule has 1 aliphatic heterocycles. The van der Waals surface area contributed by atoms with Gasteiger partial charge in [-0.3, -0.25) is 9.59 Å². The predicted octanol–water partition coefficient (Wildman–Crippen LogP) is 0.139. The Morgan fingerprint density at radius 1 is 1.44 bits per heavy atom. The van der Waals surface area contributed by atoms with Crippen molar-refractivity contribution in [3.63, 3.8) is 0 Å². The highest BCUT2D eigenvalue weighted by atomic mass is 16.3. The lowest BCUT2D eigenvalue weighted by molar-refractivity contribution is -0.134. The SMILES string of the molecule is O=C(NCCC(=O)N1CCC1)c1ncccc1O. The van der Waals surface area contributed by atoms with E-state index < -0.39 is 5.91 Å². The number of aromatic nitrogens is 1. The van der Waals surface area contributed by atoms with Crippen molar-refractivity contribution in [2.75, 3.05) is 19.6 Å². The number of nitrogens with zero attached hydrogens (tertiary/aromatic N) is 2. The number of aromatic hydroxyl groups is 1. The highest BCUT2D eigenvalue weighted by Crippen LogP contribution is 2.12. The lowest BCUT2D eigenvalue weighted by Gasteiger charge is -2.30. The molecule has 0 bridgehead atoms. The molecule has 96 valence electrons. The van der Waals surface area contributed by atoms with Gasteiger partial charge in [-0.2, -0.15) is 0 Å². The molecule has 2 amide bonds. The van der Waals surface area contributed by atoms with Crippen LogP contribution in [0.1, 0.15) is 23.3 Å². The van der Waals surface area contributed by atoms with Gasteiger partial charge in [-0.05, 0) is 18.6 Å². The number of hydrogen-bond donors (Lipinski definition) is 2. The van der Waals surface area contributed by atoms with Crippen LogP contribution in [-0.4, -0.2) is 46.4 Å². The van der Waals surface area contributed by atoms with E-state index in [0.717, 1.165) is 19.5 Å². The number of carbonyl (C=O) groups is 2. The first-order valence-electron chi connectivity index (χ1n) is 5.88. The average molecular weight is 249 g/mol. The quantitative estimate of drug-likeness (QED) is 0.795. The minimum absolute atomic E-state index is 0.0195. The summed E-state index contributed by atoms with van der Waals surface area (Å²) in [6.07, 6.45) is 2.76. The van der Waals surface area contributed by atoms with E-state index in [0.29, 0.717) is 0 Å². The molecule has 2 rings (SSSR count). The molecule has 2 N–H and O–H groups in total. The van der Waals surface area contributed by atoms with Gasteiger partial charge in [0.15, 0.2) is 5.69 Å². The molecular weight excluding hydrogens is 234 g/mol. The minimum Gasteiger partial charge on any atom is -0.505 e. The van der Waals surface area contributed by atoms with Gasteiger partial charge >= 0.3 is 0 Å². The van der Waals surface area contributed by atoms with Crippen LogP contribution in [0.5, 0.6) is 5.75 Å². The summed E-state index contributed by atoms with van der Waals surface area (Å²) < 4.78 is 0. The Morgan fingerprint density at radius 3 is 2.83 bits per heavy atom. The smallest absolute Gasteiger partial charge is 0.273 e. The van der Waals surface area contributed by atoms with Crippen molar-refractivity contribution in [1.82, 2.24) is 15.2 Å². The maximum Gasteiger partial charge on any atom is 0.273 e. The van der Waals surface area contributed by atoms with Crippen LogP contribution in [-0.2, 0) is 4.79 Å². The Kier molecular flexibility index (Phi) is 3.76. The van der Waals surface area contributed by atoms with Crippen LogP contribution in [0.3, 0.4) is 0 Å². The third-order valence-electron chi connectivity index (χ3n) is 2.83. The van der Waals surface area contributed by atoms with Crippen LogP contribution in [0, 0.1) is 0 Å². The minimum atomic E-state index is -0.468. The number of hydrogen-bond acceptors (Lipinski definition) is 4. The first kappa shape index (κ1) is 12.3. The van der Waals surface area contributed by atoms with E-state index in [1.165, 1.54) is 12.3 Å². The van der Waals surface area contributed by atoms with Crippen molar-refractivity contribution < 1.29 is 14.7 Å². The van der Waals surface area contributed by atoms with Gasteiger partial charge < -0.3 is 15.3 Å². The molecule has 0 atom stereocenters. The number of likely N-dealkylation sites (tertiary alicyclic amines) is 1. The van der Waals surface area contributed by atoms with Crippen LogP contribution >= 0.6 is 0 Å². The second-order valence-corrected chi connectivity index (χ2v) is 4.11. The summed E-state index contributed by atoms with van der Waals surface area (Å²) in [5.74, 6) is -0.583. The zero-order valence-electron chi connectivity index (χ0n) is 9.93. The van der Waals surface area contributed by atoms with Crippen LogP contribution in [0.25, 0.3) is 0 Å². The van der Waals surface area contributed by atoms with Gasteiger partial charge in [0.1, 0.15) is 5.75 Å². The summed E-state index contributed by atoms with van der Waals surface area (Å²) in [5.41, 5.74) is -0.0195. The third-order valence-corrected chi connectivity index (χ3v) is 2.83. The molecule has 2 heterocycles. The Morgan fingerprint density at radius 2 is 2.22 bits per heavy atom.